The molecule has 0 unspecified atom stereocenters. The molecular formula is C24H25NO4S. The van der Waals surface area contributed by atoms with Gasteiger partial charge in [-0.05, 0) is 41.7 Å². The van der Waals surface area contributed by atoms with Crippen molar-refractivity contribution < 1.29 is 17.6 Å². The highest BCUT2D eigenvalue weighted by molar-refractivity contribution is 7.91. The van der Waals surface area contributed by atoms with Crippen LogP contribution in [0.5, 0.6) is 0 Å². The van der Waals surface area contributed by atoms with Crippen LogP contribution >= 0.6 is 0 Å². The predicted octanol–water partition coefficient (Wildman–Crippen LogP) is 4.10. The number of rotatable bonds is 6. The molecule has 6 heteroatoms. The van der Waals surface area contributed by atoms with E-state index in [-0.39, 0.29) is 11.7 Å². The Morgan fingerprint density at radius 3 is 2.20 bits per heavy atom. The summed E-state index contributed by atoms with van der Waals surface area (Å²) in [6.07, 6.45) is 2.76. The van der Waals surface area contributed by atoms with Crippen molar-refractivity contribution in [3.8, 4) is 11.1 Å². The van der Waals surface area contributed by atoms with Gasteiger partial charge in [0, 0.05) is 13.1 Å². The summed E-state index contributed by atoms with van der Waals surface area (Å²) in [4.78, 5) is 14.5. The van der Waals surface area contributed by atoms with Crippen molar-refractivity contribution in [3.05, 3.63) is 84.3 Å². The van der Waals surface area contributed by atoms with Gasteiger partial charge in [-0.15, -0.1) is 0 Å². The molecule has 1 amide bonds. The van der Waals surface area contributed by atoms with Crippen molar-refractivity contribution in [3.63, 3.8) is 0 Å². The zero-order valence-electron chi connectivity index (χ0n) is 16.7. The number of carbonyl (C=O) groups is 1. The van der Waals surface area contributed by atoms with Crippen LogP contribution in [0.4, 0.5) is 0 Å². The number of nitrogens with zero attached hydrogens (tertiary/aromatic N) is 1. The molecule has 1 fully saturated rings. The monoisotopic (exact) mass is 423 g/mol. The van der Waals surface area contributed by atoms with Gasteiger partial charge in [0.05, 0.1) is 17.9 Å². The van der Waals surface area contributed by atoms with Gasteiger partial charge in [0.2, 0.25) is 5.91 Å². The van der Waals surface area contributed by atoms with E-state index < -0.39 is 15.1 Å². The molecule has 3 aromatic rings. The Balaban J connectivity index is 1.31. The van der Waals surface area contributed by atoms with Crippen molar-refractivity contribution in [2.24, 2.45) is 0 Å². The lowest BCUT2D eigenvalue weighted by molar-refractivity contribution is -0.131. The summed E-state index contributed by atoms with van der Waals surface area (Å²) in [5, 5.41) is -0.420. The molecule has 5 nitrogen and oxygen atoms in total. The van der Waals surface area contributed by atoms with Crippen molar-refractivity contribution in [1.82, 2.24) is 4.90 Å². The third kappa shape index (κ3) is 4.82. The molecule has 30 heavy (non-hydrogen) atoms. The minimum absolute atomic E-state index is 0.0457. The molecule has 1 saturated heterocycles. The fourth-order valence-electron chi connectivity index (χ4n) is 3.91. The Morgan fingerprint density at radius 1 is 0.900 bits per heavy atom. The zero-order valence-corrected chi connectivity index (χ0v) is 17.6. The van der Waals surface area contributed by atoms with Gasteiger partial charge in [0.25, 0.3) is 0 Å². The smallest absolute Gasteiger partial charge is 0.226 e. The molecule has 156 valence electrons. The fraction of sp³-hybridized carbons (Fsp3) is 0.292. The number of benzene rings is 2. The van der Waals surface area contributed by atoms with E-state index in [9.17, 15) is 13.2 Å². The summed E-state index contributed by atoms with van der Waals surface area (Å²) in [6.45, 7) is 0.950. The van der Waals surface area contributed by atoms with E-state index in [2.05, 4.69) is 12.1 Å². The maximum Gasteiger partial charge on any atom is 0.226 e. The second-order valence-corrected chi connectivity index (χ2v) is 9.99. The molecule has 0 radical (unpaired) electrons. The second kappa shape index (κ2) is 8.88. The van der Waals surface area contributed by atoms with Crippen LogP contribution < -0.4 is 0 Å². The van der Waals surface area contributed by atoms with E-state index in [0.717, 1.165) is 16.7 Å². The molecule has 1 aliphatic rings. The first-order valence-electron chi connectivity index (χ1n) is 10.2. The van der Waals surface area contributed by atoms with Crippen LogP contribution in [0, 0.1) is 0 Å². The second-order valence-electron chi connectivity index (χ2n) is 7.71. The highest BCUT2D eigenvalue weighted by atomic mass is 32.2. The van der Waals surface area contributed by atoms with Crippen LogP contribution in [0.15, 0.2) is 77.4 Å². The fourth-order valence-corrected chi connectivity index (χ4v) is 5.63. The molecule has 0 N–H and O–H groups in total. The summed E-state index contributed by atoms with van der Waals surface area (Å²) < 4.78 is 30.4. The van der Waals surface area contributed by atoms with Gasteiger partial charge >= 0.3 is 0 Å². The van der Waals surface area contributed by atoms with E-state index in [0.29, 0.717) is 38.1 Å². The Hall–Kier alpha value is -2.86. The quantitative estimate of drug-likeness (QED) is 0.599. The lowest BCUT2D eigenvalue weighted by atomic mass is 10.0. The van der Waals surface area contributed by atoms with Gasteiger partial charge in [-0.3, -0.25) is 4.79 Å². The molecule has 0 bridgehead atoms. The molecule has 0 aliphatic carbocycles. The molecule has 0 spiro atoms. The van der Waals surface area contributed by atoms with Gasteiger partial charge in [-0.2, -0.15) is 0 Å². The van der Waals surface area contributed by atoms with E-state index in [4.69, 9.17) is 4.42 Å². The van der Waals surface area contributed by atoms with Crippen LogP contribution in [-0.4, -0.2) is 37.6 Å². The highest BCUT2D eigenvalue weighted by Crippen LogP contribution is 2.23. The summed E-state index contributed by atoms with van der Waals surface area (Å²) in [7, 11) is -3.28. The molecule has 2 heterocycles. The van der Waals surface area contributed by atoms with Crippen molar-refractivity contribution in [2.75, 3.05) is 13.1 Å². The van der Waals surface area contributed by atoms with E-state index >= 15 is 0 Å². The van der Waals surface area contributed by atoms with Crippen LogP contribution in [0.3, 0.4) is 0 Å². The number of likely N-dealkylation sites (tertiary alicyclic amines) is 1. The van der Waals surface area contributed by atoms with Gasteiger partial charge in [-0.1, -0.05) is 54.6 Å². The van der Waals surface area contributed by atoms with Crippen molar-refractivity contribution in [2.45, 2.75) is 30.3 Å². The van der Waals surface area contributed by atoms with Gasteiger partial charge in [0.15, 0.2) is 9.84 Å². The minimum atomic E-state index is -3.28. The maximum absolute atomic E-state index is 12.7. The Bertz CT molecular complexity index is 1070. The number of furan rings is 1. The standard InChI is InChI=1S/C24H25NO4S/c26-24(17-19-8-10-21(11-9-19)20-5-2-1-3-6-20)25-14-12-23(13-15-25)30(27,28)18-22-7-4-16-29-22/h1-11,16,23H,12-15,17-18H2. The average molecular weight is 424 g/mol. The van der Waals surface area contributed by atoms with Crippen molar-refractivity contribution in [1.29, 1.82) is 0 Å². The van der Waals surface area contributed by atoms with E-state index in [1.807, 2.05) is 42.5 Å². The first kappa shape index (κ1) is 20.4. The SMILES string of the molecule is O=C(Cc1ccc(-c2ccccc2)cc1)N1CCC(S(=O)(=O)Cc2ccco2)CC1. The molecule has 0 saturated carbocycles. The zero-order chi connectivity index (χ0) is 21.0. The van der Waals surface area contributed by atoms with Crippen LogP contribution in [0.2, 0.25) is 0 Å². The third-order valence-corrected chi connectivity index (χ3v) is 7.82. The van der Waals surface area contributed by atoms with Gasteiger partial charge in [0.1, 0.15) is 11.5 Å². The highest BCUT2D eigenvalue weighted by Gasteiger charge is 2.32. The number of piperidine rings is 1. The first-order chi connectivity index (χ1) is 14.5. The average Bonchev–Trinajstić information content (AvgIpc) is 3.27. The summed E-state index contributed by atoms with van der Waals surface area (Å²) in [6, 6.07) is 21.5. The molecule has 0 atom stereocenters. The first-order valence-corrected chi connectivity index (χ1v) is 11.9. The lowest BCUT2D eigenvalue weighted by Gasteiger charge is -2.31. The normalized spacial score (nSPS) is 15.3. The van der Waals surface area contributed by atoms with E-state index in [1.54, 1.807) is 17.0 Å². The maximum atomic E-state index is 12.7. The Labute approximate surface area is 177 Å². The van der Waals surface area contributed by atoms with Crippen LogP contribution in [0.1, 0.15) is 24.2 Å². The number of amides is 1. The molecule has 1 aromatic heterocycles. The molecule has 1 aliphatic heterocycles. The predicted molar refractivity (Wildman–Crippen MR) is 117 cm³/mol. The number of hydrogen-bond acceptors (Lipinski definition) is 4. The number of carbonyl (C=O) groups excluding carboxylic acids is 1. The Kier molecular flexibility index (Phi) is 6.04. The Morgan fingerprint density at radius 2 is 1.57 bits per heavy atom. The topological polar surface area (TPSA) is 67.6 Å². The number of hydrogen-bond donors (Lipinski definition) is 0. The van der Waals surface area contributed by atoms with Gasteiger partial charge < -0.3 is 9.32 Å². The molecule has 2 aromatic carbocycles. The molecule has 4 rings (SSSR count). The van der Waals surface area contributed by atoms with Crippen LogP contribution in [0.25, 0.3) is 11.1 Å². The summed E-state index contributed by atoms with van der Waals surface area (Å²) in [5.41, 5.74) is 3.23. The van der Waals surface area contributed by atoms with Crippen molar-refractivity contribution >= 4 is 15.7 Å². The number of sulfone groups is 1. The van der Waals surface area contributed by atoms with E-state index in [1.165, 1.54) is 6.26 Å². The van der Waals surface area contributed by atoms with Gasteiger partial charge in [-0.25, -0.2) is 8.42 Å². The minimum Gasteiger partial charge on any atom is -0.468 e. The summed E-state index contributed by atoms with van der Waals surface area (Å²) in [5.74, 6) is 0.434. The lowest BCUT2D eigenvalue weighted by Crippen LogP contribution is -2.43. The van der Waals surface area contributed by atoms with Crippen LogP contribution in [-0.2, 0) is 26.8 Å². The summed E-state index contributed by atoms with van der Waals surface area (Å²) >= 11 is 0. The third-order valence-electron chi connectivity index (χ3n) is 5.64. The molecular weight excluding hydrogens is 398 g/mol. The largest absolute Gasteiger partial charge is 0.468 e.